The summed E-state index contributed by atoms with van der Waals surface area (Å²) in [5, 5.41) is 9.33. The van der Waals surface area contributed by atoms with E-state index in [9.17, 15) is 14.7 Å². The van der Waals surface area contributed by atoms with Gasteiger partial charge in [-0.1, -0.05) is 31.7 Å². The molecule has 0 aromatic carbocycles. The molecule has 4 fully saturated rings. The van der Waals surface area contributed by atoms with Crippen molar-refractivity contribution in [3.63, 3.8) is 0 Å². The first-order valence-electron chi connectivity index (χ1n) is 12.8. The molecule has 178 valence electrons. The Hall–Kier alpha value is -2.96. The van der Waals surface area contributed by atoms with Crippen molar-refractivity contribution in [1.82, 2.24) is 14.9 Å². The van der Waals surface area contributed by atoms with Crippen LogP contribution in [0.5, 0.6) is 0 Å². The number of anilines is 1. The van der Waals surface area contributed by atoms with Crippen molar-refractivity contribution in [3.8, 4) is 0 Å². The molecule has 2 aromatic rings. The van der Waals surface area contributed by atoms with Crippen molar-refractivity contribution in [1.29, 1.82) is 0 Å². The maximum atomic E-state index is 13.6. The number of rotatable bonds is 6. The Labute approximate surface area is 200 Å². The third-order valence-electron chi connectivity index (χ3n) is 8.58. The second kappa shape index (κ2) is 8.67. The highest BCUT2D eigenvalue weighted by atomic mass is 16.4. The second-order valence-electron chi connectivity index (χ2n) is 10.6. The number of aromatic nitrogens is 2. The SMILES string of the molecule is O=C(O)C1[C@H]2CN(c3ccc(C(=O)N4CCC(c5cccnc5)C4)c(CC4CCCC4)n3)C[C@@H]12. The van der Waals surface area contributed by atoms with Gasteiger partial charge in [0.1, 0.15) is 5.82 Å². The van der Waals surface area contributed by atoms with Crippen molar-refractivity contribution in [2.24, 2.45) is 23.7 Å². The smallest absolute Gasteiger partial charge is 0.307 e. The lowest BCUT2D eigenvalue weighted by atomic mass is 9.98. The van der Waals surface area contributed by atoms with E-state index in [0.717, 1.165) is 56.1 Å². The monoisotopic (exact) mass is 460 g/mol. The van der Waals surface area contributed by atoms with Gasteiger partial charge in [-0.25, -0.2) is 4.98 Å². The maximum absolute atomic E-state index is 13.6. The van der Waals surface area contributed by atoms with Gasteiger partial charge >= 0.3 is 5.97 Å². The van der Waals surface area contributed by atoms with Gasteiger partial charge in [0.15, 0.2) is 0 Å². The predicted molar refractivity (Wildman–Crippen MR) is 128 cm³/mol. The number of pyridine rings is 2. The van der Waals surface area contributed by atoms with Crippen LogP contribution in [0.3, 0.4) is 0 Å². The Bertz CT molecular complexity index is 1070. The summed E-state index contributed by atoms with van der Waals surface area (Å²) >= 11 is 0. The Kier molecular flexibility index (Phi) is 5.50. The van der Waals surface area contributed by atoms with Crippen molar-refractivity contribution in [2.45, 2.75) is 44.4 Å². The molecular weight excluding hydrogens is 428 g/mol. The number of piperidine rings is 1. The lowest BCUT2D eigenvalue weighted by Crippen LogP contribution is -2.31. The average molecular weight is 461 g/mol. The van der Waals surface area contributed by atoms with E-state index < -0.39 is 5.97 Å². The normalized spacial score (nSPS) is 28.4. The van der Waals surface area contributed by atoms with Crippen LogP contribution in [-0.2, 0) is 11.2 Å². The van der Waals surface area contributed by atoms with E-state index in [-0.39, 0.29) is 23.7 Å². The van der Waals surface area contributed by atoms with Crippen molar-refractivity contribution in [3.05, 3.63) is 53.5 Å². The van der Waals surface area contributed by atoms with Gasteiger partial charge < -0.3 is 14.9 Å². The molecule has 7 nitrogen and oxygen atoms in total. The van der Waals surface area contributed by atoms with Crippen LogP contribution in [0.15, 0.2) is 36.7 Å². The van der Waals surface area contributed by atoms with Crippen LogP contribution in [0.25, 0.3) is 0 Å². The minimum Gasteiger partial charge on any atom is -0.481 e. The number of aliphatic carboxylic acids is 1. The van der Waals surface area contributed by atoms with Gasteiger partial charge in [0.25, 0.3) is 5.91 Å². The van der Waals surface area contributed by atoms with Crippen LogP contribution < -0.4 is 4.90 Å². The van der Waals surface area contributed by atoms with Gasteiger partial charge in [0.05, 0.1) is 17.2 Å². The van der Waals surface area contributed by atoms with Crippen LogP contribution in [0.2, 0.25) is 0 Å². The molecule has 0 bridgehead atoms. The van der Waals surface area contributed by atoms with Crippen molar-refractivity contribution >= 4 is 17.7 Å². The summed E-state index contributed by atoms with van der Waals surface area (Å²) in [6.07, 6.45) is 10.5. The highest BCUT2D eigenvalue weighted by Crippen LogP contribution is 2.52. The highest BCUT2D eigenvalue weighted by Gasteiger charge is 2.60. The third kappa shape index (κ3) is 3.95. The van der Waals surface area contributed by atoms with Crippen LogP contribution in [0, 0.1) is 23.7 Å². The lowest BCUT2D eigenvalue weighted by molar-refractivity contribution is -0.139. The van der Waals surface area contributed by atoms with E-state index in [4.69, 9.17) is 4.98 Å². The van der Waals surface area contributed by atoms with E-state index in [0.29, 0.717) is 11.8 Å². The zero-order valence-corrected chi connectivity index (χ0v) is 19.5. The summed E-state index contributed by atoms with van der Waals surface area (Å²) in [6.45, 7) is 2.99. The lowest BCUT2D eigenvalue weighted by Gasteiger charge is -2.24. The Balaban J connectivity index is 1.21. The fourth-order valence-corrected chi connectivity index (χ4v) is 6.59. The second-order valence-corrected chi connectivity index (χ2v) is 10.6. The molecule has 0 spiro atoms. The molecule has 2 aromatic heterocycles. The zero-order chi connectivity index (χ0) is 23.2. The number of hydrogen-bond donors (Lipinski definition) is 1. The number of carboxylic acid groups (broad SMARTS) is 1. The number of fused-ring (bicyclic) bond motifs is 1. The van der Waals surface area contributed by atoms with E-state index in [1.165, 1.54) is 31.2 Å². The minimum absolute atomic E-state index is 0.0913. The molecule has 6 rings (SSSR count). The molecule has 34 heavy (non-hydrogen) atoms. The summed E-state index contributed by atoms with van der Waals surface area (Å²) in [4.78, 5) is 38.4. The first-order valence-corrected chi connectivity index (χ1v) is 12.8. The van der Waals surface area contributed by atoms with Crippen molar-refractivity contribution < 1.29 is 14.7 Å². The quantitative estimate of drug-likeness (QED) is 0.709. The minimum atomic E-state index is -0.666. The molecule has 2 aliphatic heterocycles. The fraction of sp³-hybridized carbons (Fsp3) is 0.556. The topological polar surface area (TPSA) is 86.6 Å². The highest BCUT2D eigenvalue weighted by molar-refractivity contribution is 5.95. The summed E-state index contributed by atoms with van der Waals surface area (Å²) < 4.78 is 0. The standard InChI is InChI=1S/C27H32N4O3/c32-26(30-11-9-19(14-30)18-6-3-10-28-13-18)20-7-8-24(29-23(20)12-17-4-1-2-5-17)31-15-21-22(16-31)25(21)27(33)34/h3,6-8,10,13,17,19,21-22,25H,1-2,4-5,9,11-12,14-16H2,(H,33,34)/t19?,21-,22+,25?. The first-order chi connectivity index (χ1) is 16.6. The summed E-state index contributed by atoms with van der Waals surface area (Å²) in [5.74, 6) is 1.56. The van der Waals surface area contributed by atoms with Crippen LogP contribution >= 0.6 is 0 Å². The van der Waals surface area contributed by atoms with E-state index in [1.807, 2.05) is 29.3 Å². The van der Waals surface area contributed by atoms with Gasteiger partial charge in [-0.15, -0.1) is 0 Å². The molecule has 4 heterocycles. The number of hydrogen-bond acceptors (Lipinski definition) is 5. The Morgan fingerprint density at radius 3 is 2.53 bits per heavy atom. The molecule has 4 atom stereocenters. The summed E-state index contributed by atoms with van der Waals surface area (Å²) in [5.41, 5.74) is 2.87. The molecule has 1 amide bonds. The molecule has 4 aliphatic rings. The predicted octanol–water partition coefficient (Wildman–Crippen LogP) is 3.61. The molecule has 2 unspecified atom stereocenters. The Morgan fingerprint density at radius 2 is 1.82 bits per heavy atom. The van der Waals surface area contributed by atoms with Crippen LogP contribution in [0.4, 0.5) is 5.82 Å². The van der Waals surface area contributed by atoms with E-state index in [2.05, 4.69) is 16.0 Å². The molecular formula is C27H32N4O3. The average Bonchev–Trinajstić information content (AvgIpc) is 3.35. The van der Waals surface area contributed by atoms with Gasteiger partial charge in [-0.2, -0.15) is 0 Å². The zero-order valence-electron chi connectivity index (χ0n) is 19.5. The number of carbonyl (C=O) groups excluding carboxylic acids is 1. The van der Waals surface area contributed by atoms with Gasteiger partial charge in [0.2, 0.25) is 0 Å². The molecule has 0 radical (unpaired) electrons. The van der Waals surface area contributed by atoms with Gasteiger partial charge in [-0.05, 0) is 54.4 Å². The number of amides is 1. The Morgan fingerprint density at radius 1 is 1.03 bits per heavy atom. The number of nitrogens with zero attached hydrogens (tertiary/aromatic N) is 4. The van der Waals surface area contributed by atoms with Crippen LogP contribution in [0.1, 0.15) is 59.6 Å². The number of likely N-dealkylation sites (tertiary alicyclic amines) is 1. The van der Waals surface area contributed by atoms with Gasteiger partial charge in [0, 0.05) is 44.5 Å². The van der Waals surface area contributed by atoms with E-state index in [1.54, 1.807) is 6.20 Å². The number of carboxylic acids is 1. The number of carbonyl (C=O) groups is 2. The van der Waals surface area contributed by atoms with Crippen LogP contribution in [-0.4, -0.2) is 58.0 Å². The third-order valence-corrected chi connectivity index (χ3v) is 8.58. The molecule has 1 N–H and O–H groups in total. The fourth-order valence-electron chi connectivity index (χ4n) is 6.59. The van der Waals surface area contributed by atoms with Crippen molar-refractivity contribution in [2.75, 3.05) is 31.1 Å². The van der Waals surface area contributed by atoms with Gasteiger partial charge in [-0.3, -0.25) is 14.6 Å². The maximum Gasteiger partial charge on any atom is 0.307 e. The molecule has 2 saturated carbocycles. The molecule has 2 saturated heterocycles. The summed E-state index contributed by atoms with van der Waals surface area (Å²) in [6, 6.07) is 8.01. The molecule has 7 heteroatoms. The van der Waals surface area contributed by atoms with E-state index >= 15 is 0 Å². The summed E-state index contributed by atoms with van der Waals surface area (Å²) in [7, 11) is 0. The first kappa shape index (κ1) is 21.6. The largest absolute Gasteiger partial charge is 0.481 e. The molecule has 2 aliphatic carbocycles.